The van der Waals surface area contributed by atoms with Gasteiger partial charge in [-0.05, 0) is 12.1 Å². The molecule has 0 fully saturated rings. The maximum Gasteiger partial charge on any atom is 0.341 e. The van der Waals surface area contributed by atoms with E-state index in [-0.39, 0.29) is 36.6 Å². The van der Waals surface area contributed by atoms with E-state index in [2.05, 4.69) is 10.2 Å². The van der Waals surface area contributed by atoms with Crippen molar-refractivity contribution >= 4 is 5.97 Å². The summed E-state index contributed by atoms with van der Waals surface area (Å²) in [6, 6.07) is 3.52. The molecule has 2 N–H and O–H groups in total. The first-order valence-corrected chi connectivity index (χ1v) is 7.53. The summed E-state index contributed by atoms with van der Waals surface area (Å²) in [6.07, 6.45) is 3.69. The van der Waals surface area contributed by atoms with Gasteiger partial charge >= 0.3 is 5.97 Å². The molecular weight excluding hydrogens is 330 g/mol. The van der Waals surface area contributed by atoms with E-state index >= 15 is 0 Å². The summed E-state index contributed by atoms with van der Waals surface area (Å²) in [4.78, 5) is 23.7. The number of aromatic nitrogens is 3. The minimum Gasteiger partial charge on any atom is -0.467 e. The van der Waals surface area contributed by atoms with Gasteiger partial charge in [-0.3, -0.25) is 4.79 Å². The lowest BCUT2D eigenvalue weighted by molar-refractivity contribution is 0.0145. The summed E-state index contributed by atoms with van der Waals surface area (Å²) in [7, 11) is 1.24. The Morgan fingerprint density at radius 3 is 3.04 bits per heavy atom. The van der Waals surface area contributed by atoms with Crippen molar-refractivity contribution in [2.45, 2.75) is 19.3 Å². The van der Waals surface area contributed by atoms with Crippen molar-refractivity contribution in [3.8, 4) is 11.3 Å². The number of nitrogens with one attached hydrogen (secondary N) is 1. The monoisotopic (exact) mass is 347 g/mol. The van der Waals surface area contributed by atoms with Gasteiger partial charge in [-0.1, -0.05) is 0 Å². The third-order valence-electron chi connectivity index (χ3n) is 3.58. The lowest BCUT2D eigenvalue weighted by atomic mass is 10.1. The Labute approximate surface area is 142 Å². The van der Waals surface area contributed by atoms with Crippen molar-refractivity contribution in [3.05, 3.63) is 52.5 Å². The molecule has 0 amide bonds. The highest BCUT2D eigenvalue weighted by Crippen LogP contribution is 2.20. The summed E-state index contributed by atoms with van der Waals surface area (Å²) in [5, 5.41) is 16.3. The van der Waals surface area contributed by atoms with Crippen LogP contribution in [0.5, 0.6) is 0 Å². The molecule has 25 heavy (non-hydrogen) atoms. The van der Waals surface area contributed by atoms with Gasteiger partial charge in [-0.15, -0.1) is 0 Å². The number of fused-ring (bicyclic) bond motifs is 1. The highest BCUT2D eigenvalue weighted by Gasteiger charge is 2.22. The third-order valence-corrected chi connectivity index (χ3v) is 3.58. The Hall–Kier alpha value is -2.91. The number of esters is 1. The molecule has 3 heterocycles. The fourth-order valence-electron chi connectivity index (χ4n) is 2.44. The molecule has 132 valence electrons. The number of aliphatic hydroxyl groups excluding tert-OH is 1. The number of rotatable bonds is 7. The summed E-state index contributed by atoms with van der Waals surface area (Å²) < 4.78 is 16.8. The van der Waals surface area contributed by atoms with Crippen LogP contribution in [0.4, 0.5) is 0 Å². The summed E-state index contributed by atoms with van der Waals surface area (Å²) >= 11 is 0. The van der Waals surface area contributed by atoms with Crippen LogP contribution in [-0.2, 0) is 22.6 Å². The molecule has 1 aromatic rings. The van der Waals surface area contributed by atoms with Crippen LogP contribution in [0.1, 0.15) is 16.1 Å². The fourth-order valence-corrected chi connectivity index (χ4v) is 2.44. The number of aliphatic hydroxyl groups is 1. The highest BCUT2D eigenvalue weighted by atomic mass is 16.5. The van der Waals surface area contributed by atoms with E-state index in [1.165, 1.54) is 24.1 Å². The number of H-pyrrole nitrogens is 1. The molecule has 9 nitrogen and oxygen atoms in total. The van der Waals surface area contributed by atoms with Crippen LogP contribution >= 0.6 is 0 Å². The van der Waals surface area contributed by atoms with Gasteiger partial charge in [-0.2, -0.15) is 5.10 Å². The number of pyridine rings is 1. The third kappa shape index (κ3) is 3.78. The van der Waals surface area contributed by atoms with Gasteiger partial charge in [0.15, 0.2) is 0 Å². The van der Waals surface area contributed by atoms with E-state index in [4.69, 9.17) is 13.9 Å². The summed E-state index contributed by atoms with van der Waals surface area (Å²) in [5.41, 5.74) is 0.198. The second-order valence-electron chi connectivity index (χ2n) is 5.42. The number of hydrogen-bond acceptors (Lipinski definition) is 7. The molecule has 0 bridgehead atoms. The van der Waals surface area contributed by atoms with Gasteiger partial charge in [0.05, 0.1) is 38.2 Å². The van der Waals surface area contributed by atoms with Crippen LogP contribution in [0.2, 0.25) is 0 Å². The van der Waals surface area contributed by atoms with Gasteiger partial charge < -0.3 is 23.6 Å². The zero-order chi connectivity index (χ0) is 17.8. The van der Waals surface area contributed by atoms with E-state index in [0.29, 0.717) is 5.76 Å². The van der Waals surface area contributed by atoms with Crippen molar-refractivity contribution in [2.75, 3.05) is 13.7 Å². The molecule has 1 aromatic heterocycles. The van der Waals surface area contributed by atoms with Gasteiger partial charge in [0, 0.05) is 12.4 Å². The first-order chi connectivity index (χ1) is 12.1. The van der Waals surface area contributed by atoms with Crippen LogP contribution in [0.25, 0.3) is 11.3 Å². The molecule has 0 aromatic carbocycles. The highest BCUT2D eigenvalue weighted by molar-refractivity contribution is 5.95. The van der Waals surface area contributed by atoms with Gasteiger partial charge in [0.1, 0.15) is 23.6 Å². The lowest BCUT2D eigenvalue weighted by Crippen LogP contribution is -2.23. The topological polar surface area (TPSA) is 120 Å². The number of furan rings is 1. The van der Waals surface area contributed by atoms with Gasteiger partial charge in [-0.25, -0.2) is 9.89 Å². The fraction of sp³-hybridized carbons (Fsp3) is 0.312. The second kappa shape index (κ2) is 7.32. The number of aromatic amines is 1. The minimum atomic E-state index is -0.843. The molecule has 2 aliphatic heterocycles. The van der Waals surface area contributed by atoms with Crippen LogP contribution in [-0.4, -0.2) is 45.7 Å². The number of nitrogens with zero attached hydrogens (tertiary/aromatic N) is 2. The largest absolute Gasteiger partial charge is 0.467 e. The van der Waals surface area contributed by atoms with E-state index < -0.39 is 17.6 Å². The lowest BCUT2D eigenvalue weighted by Gasteiger charge is -2.15. The average Bonchev–Trinajstić information content (AvgIpc) is 3.24. The van der Waals surface area contributed by atoms with Crippen LogP contribution < -0.4 is 5.56 Å². The Morgan fingerprint density at radius 2 is 2.32 bits per heavy atom. The van der Waals surface area contributed by atoms with E-state index in [0.717, 1.165) is 0 Å². The second-order valence-corrected chi connectivity index (χ2v) is 5.42. The maximum absolute atomic E-state index is 11.9. The van der Waals surface area contributed by atoms with Crippen LogP contribution in [0.15, 0.2) is 40.0 Å². The standard InChI is InChI=1S/C16H17N3O6/c1-23-16(22)13-7-19(6-12-14(13)17-18-15(12)21)5-10(20)8-24-9-11-3-2-4-25-11/h2-4,6-7,10,20H,5,8-9H2,1H3,(H,18,21)/t10-/m0/s1. The number of ether oxygens (including phenoxy) is 2. The SMILES string of the molecule is COC(=O)c1cn(C[C@H](O)COCc2ccco2)cc2c(=O)[nH]nc1-2. The zero-order valence-corrected chi connectivity index (χ0v) is 13.5. The summed E-state index contributed by atoms with van der Waals surface area (Å²) in [5.74, 6) is 0.0399. The molecule has 0 spiro atoms. The summed E-state index contributed by atoms with van der Waals surface area (Å²) in [6.45, 7) is 0.436. The van der Waals surface area contributed by atoms with Crippen LogP contribution in [0.3, 0.4) is 0 Å². The molecule has 0 unspecified atom stereocenters. The first kappa shape index (κ1) is 16.9. The molecule has 1 atom stereocenters. The van der Waals surface area contributed by atoms with Crippen molar-refractivity contribution in [2.24, 2.45) is 0 Å². The maximum atomic E-state index is 11.9. The molecule has 0 radical (unpaired) electrons. The Bertz CT molecular complexity index is 867. The van der Waals surface area contributed by atoms with Crippen molar-refractivity contribution < 1.29 is 23.8 Å². The normalized spacial score (nSPS) is 12.4. The molecule has 0 aliphatic carbocycles. The predicted molar refractivity (Wildman–Crippen MR) is 85.2 cm³/mol. The van der Waals surface area contributed by atoms with E-state index in [9.17, 15) is 14.7 Å². The molecule has 0 saturated heterocycles. The quantitative estimate of drug-likeness (QED) is 0.602. The average molecular weight is 347 g/mol. The Morgan fingerprint density at radius 1 is 1.48 bits per heavy atom. The van der Waals surface area contributed by atoms with Gasteiger partial charge in [0.2, 0.25) is 0 Å². The number of carbonyl (C=O) groups excluding carboxylic acids is 1. The Kier molecular flexibility index (Phi) is 4.96. The van der Waals surface area contributed by atoms with Gasteiger partial charge in [0.25, 0.3) is 5.56 Å². The molecular formula is C16H17N3O6. The molecule has 3 rings (SSSR count). The number of hydrogen-bond donors (Lipinski definition) is 2. The predicted octanol–water partition coefficient (Wildman–Crippen LogP) is 0.633. The Balaban J connectivity index is 1.71. The number of methoxy groups -OCH3 is 1. The number of carbonyl (C=O) groups is 1. The molecule has 0 saturated carbocycles. The van der Waals surface area contributed by atoms with Crippen LogP contribution in [0, 0.1) is 0 Å². The van der Waals surface area contributed by atoms with Crippen molar-refractivity contribution in [1.29, 1.82) is 0 Å². The minimum absolute atomic E-state index is 0.0644. The smallest absolute Gasteiger partial charge is 0.341 e. The first-order valence-electron chi connectivity index (χ1n) is 7.53. The van der Waals surface area contributed by atoms with Crippen molar-refractivity contribution in [1.82, 2.24) is 14.8 Å². The molecule has 2 aliphatic rings. The van der Waals surface area contributed by atoms with E-state index in [1.807, 2.05) is 0 Å². The molecule has 9 heteroatoms. The van der Waals surface area contributed by atoms with E-state index in [1.54, 1.807) is 18.4 Å². The van der Waals surface area contributed by atoms with Crippen molar-refractivity contribution in [3.63, 3.8) is 0 Å². The zero-order valence-electron chi connectivity index (χ0n) is 13.5.